The van der Waals surface area contributed by atoms with E-state index >= 15 is 0 Å². The number of rotatable bonds is 2. The quantitative estimate of drug-likeness (QED) is 0.743. The lowest BCUT2D eigenvalue weighted by Crippen LogP contribution is -2.15. The Labute approximate surface area is 101 Å². The van der Waals surface area contributed by atoms with Crippen molar-refractivity contribution in [3.05, 3.63) is 17.0 Å². The van der Waals surface area contributed by atoms with E-state index in [0.29, 0.717) is 11.6 Å². The van der Waals surface area contributed by atoms with Gasteiger partial charge < -0.3 is 0 Å². The summed E-state index contributed by atoms with van der Waals surface area (Å²) in [6, 6.07) is 0.456. The molecule has 88 valence electrons. The van der Waals surface area contributed by atoms with Crippen LogP contribution in [-0.2, 0) is 0 Å². The fourth-order valence-electron chi connectivity index (χ4n) is 2.63. The molecule has 0 saturated heterocycles. The van der Waals surface area contributed by atoms with Crippen LogP contribution in [0.3, 0.4) is 0 Å². The molecule has 0 aromatic carbocycles. The molecule has 1 fully saturated rings. The molecule has 1 aromatic heterocycles. The summed E-state index contributed by atoms with van der Waals surface area (Å²) in [6.45, 7) is 3.78. The van der Waals surface area contributed by atoms with Gasteiger partial charge in [-0.15, -0.1) is 0 Å². The topological polar surface area (TPSA) is 34.9 Å². The minimum atomic E-state index is -0.392. The Morgan fingerprint density at radius 3 is 2.44 bits per heavy atom. The molecule has 0 bridgehead atoms. The van der Waals surface area contributed by atoms with E-state index < -0.39 is 5.24 Å². The summed E-state index contributed by atoms with van der Waals surface area (Å²) in [5, 5.41) is 4.07. The van der Waals surface area contributed by atoms with Gasteiger partial charge >= 0.3 is 0 Å². The smallest absolute Gasteiger partial charge is 0.256 e. The van der Waals surface area contributed by atoms with E-state index in [1.54, 1.807) is 0 Å². The maximum Gasteiger partial charge on any atom is 0.256 e. The number of carbonyl (C=O) groups excluding carboxylic acids is 1. The predicted molar refractivity (Wildman–Crippen MR) is 64.0 cm³/mol. The Balaban J connectivity index is 2.34. The molecule has 1 aliphatic carbocycles. The summed E-state index contributed by atoms with van der Waals surface area (Å²) < 4.78 is 2.00. The maximum atomic E-state index is 11.3. The molecule has 0 unspecified atom stereocenters. The Hall–Kier alpha value is -0.830. The number of hydrogen-bond acceptors (Lipinski definition) is 2. The van der Waals surface area contributed by atoms with Crippen LogP contribution in [0.2, 0.25) is 0 Å². The molecule has 0 spiro atoms. The van der Waals surface area contributed by atoms with Crippen molar-refractivity contribution in [3.63, 3.8) is 0 Å². The average Bonchev–Trinajstić information content (AvgIpc) is 2.55. The van der Waals surface area contributed by atoms with Gasteiger partial charge in [-0.25, -0.2) is 0 Å². The van der Waals surface area contributed by atoms with Crippen LogP contribution in [-0.4, -0.2) is 15.0 Å². The van der Waals surface area contributed by atoms with Gasteiger partial charge in [0.25, 0.3) is 5.24 Å². The van der Waals surface area contributed by atoms with E-state index in [1.807, 2.05) is 18.5 Å². The van der Waals surface area contributed by atoms with E-state index in [0.717, 1.165) is 24.2 Å². The lowest BCUT2D eigenvalue weighted by atomic mass is 9.95. The first-order valence-electron chi connectivity index (χ1n) is 5.87. The van der Waals surface area contributed by atoms with Crippen molar-refractivity contribution in [1.82, 2.24) is 9.78 Å². The van der Waals surface area contributed by atoms with E-state index in [-0.39, 0.29) is 0 Å². The highest BCUT2D eigenvalue weighted by Crippen LogP contribution is 2.30. The Kier molecular flexibility index (Phi) is 3.33. The van der Waals surface area contributed by atoms with Crippen molar-refractivity contribution in [1.29, 1.82) is 0 Å². The van der Waals surface area contributed by atoms with Crippen LogP contribution in [0.5, 0.6) is 0 Å². The molecular formula is C12H17ClN2O. The highest BCUT2D eigenvalue weighted by molar-refractivity contribution is 6.68. The second-order valence-corrected chi connectivity index (χ2v) is 4.90. The van der Waals surface area contributed by atoms with Gasteiger partial charge in [-0.05, 0) is 38.3 Å². The number of halogens is 1. The van der Waals surface area contributed by atoms with Crippen molar-refractivity contribution in [3.8, 4) is 0 Å². The van der Waals surface area contributed by atoms with Crippen LogP contribution >= 0.6 is 11.6 Å². The number of aryl methyl sites for hydroxylation is 1. The zero-order valence-corrected chi connectivity index (χ0v) is 10.5. The lowest BCUT2D eigenvalue weighted by Gasteiger charge is -2.23. The predicted octanol–water partition coefficient (Wildman–Crippen LogP) is 3.38. The van der Waals surface area contributed by atoms with Crippen molar-refractivity contribution in [2.24, 2.45) is 0 Å². The van der Waals surface area contributed by atoms with Gasteiger partial charge in [0.1, 0.15) is 0 Å². The van der Waals surface area contributed by atoms with E-state index in [2.05, 4.69) is 5.10 Å². The third-order valence-electron chi connectivity index (χ3n) is 3.44. The molecule has 4 heteroatoms. The van der Waals surface area contributed by atoms with Gasteiger partial charge in [-0.3, -0.25) is 9.48 Å². The van der Waals surface area contributed by atoms with Gasteiger partial charge in [0.15, 0.2) is 0 Å². The van der Waals surface area contributed by atoms with Crippen LogP contribution in [0, 0.1) is 13.8 Å². The standard InChI is InChI=1S/C12H17ClN2O/c1-8-11(12(13)16)9(2)15(14-8)10-6-4-3-5-7-10/h10H,3-7H2,1-2H3. The first-order chi connectivity index (χ1) is 7.61. The number of aromatic nitrogens is 2. The van der Waals surface area contributed by atoms with Crippen molar-refractivity contribution in [2.45, 2.75) is 52.0 Å². The first-order valence-corrected chi connectivity index (χ1v) is 6.24. The maximum absolute atomic E-state index is 11.3. The summed E-state index contributed by atoms with van der Waals surface area (Å²) in [6.07, 6.45) is 6.16. The SMILES string of the molecule is Cc1nn(C2CCCCC2)c(C)c1C(=O)Cl. The van der Waals surface area contributed by atoms with Crippen molar-refractivity contribution >= 4 is 16.8 Å². The molecular weight excluding hydrogens is 224 g/mol. The van der Waals surface area contributed by atoms with E-state index in [4.69, 9.17) is 11.6 Å². The molecule has 16 heavy (non-hydrogen) atoms. The normalized spacial score (nSPS) is 17.7. The van der Waals surface area contributed by atoms with E-state index in [9.17, 15) is 4.79 Å². The van der Waals surface area contributed by atoms with Crippen LogP contribution in [0.15, 0.2) is 0 Å². The largest absolute Gasteiger partial charge is 0.275 e. The monoisotopic (exact) mass is 240 g/mol. The Bertz CT molecular complexity index is 405. The second kappa shape index (κ2) is 4.58. The van der Waals surface area contributed by atoms with Crippen molar-refractivity contribution < 1.29 is 4.79 Å². The highest BCUT2D eigenvalue weighted by Gasteiger charge is 2.23. The fraction of sp³-hybridized carbons (Fsp3) is 0.667. The molecule has 3 nitrogen and oxygen atoms in total. The molecule has 0 N–H and O–H groups in total. The third-order valence-corrected chi connectivity index (χ3v) is 3.63. The van der Waals surface area contributed by atoms with Crippen LogP contribution in [0.25, 0.3) is 0 Å². The summed E-state index contributed by atoms with van der Waals surface area (Å²) in [7, 11) is 0. The Morgan fingerprint density at radius 1 is 1.31 bits per heavy atom. The van der Waals surface area contributed by atoms with E-state index in [1.165, 1.54) is 19.3 Å². The molecule has 0 radical (unpaired) electrons. The number of carbonyl (C=O) groups is 1. The minimum absolute atomic E-state index is 0.392. The molecule has 1 aromatic rings. The zero-order chi connectivity index (χ0) is 11.7. The molecule has 1 aliphatic rings. The van der Waals surface area contributed by atoms with Gasteiger partial charge in [-0.2, -0.15) is 5.10 Å². The molecule has 1 saturated carbocycles. The molecule has 0 aliphatic heterocycles. The van der Waals surface area contributed by atoms with Crippen molar-refractivity contribution in [2.75, 3.05) is 0 Å². The summed E-state index contributed by atoms with van der Waals surface area (Å²) >= 11 is 5.57. The Morgan fingerprint density at radius 2 is 1.94 bits per heavy atom. The van der Waals surface area contributed by atoms with Crippen LogP contribution in [0.1, 0.15) is 59.9 Å². The second-order valence-electron chi connectivity index (χ2n) is 4.56. The highest BCUT2D eigenvalue weighted by atomic mass is 35.5. The average molecular weight is 241 g/mol. The molecule has 2 rings (SSSR count). The summed E-state index contributed by atoms with van der Waals surface area (Å²) in [5.74, 6) is 0. The fourth-order valence-corrected chi connectivity index (χ4v) is 2.90. The number of nitrogens with zero attached hydrogens (tertiary/aromatic N) is 2. The molecule has 0 amide bonds. The summed E-state index contributed by atoms with van der Waals surface area (Å²) in [5.41, 5.74) is 2.26. The van der Waals surface area contributed by atoms with Gasteiger partial charge in [-0.1, -0.05) is 19.3 Å². The first kappa shape index (κ1) is 11.6. The lowest BCUT2D eigenvalue weighted by molar-refractivity contribution is 0.108. The van der Waals surface area contributed by atoms with Crippen LogP contribution in [0.4, 0.5) is 0 Å². The minimum Gasteiger partial charge on any atom is -0.275 e. The zero-order valence-electron chi connectivity index (χ0n) is 9.79. The third kappa shape index (κ3) is 2.01. The number of hydrogen-bond donors (Lipinski definition) is 0. The van der Waals surface area contributed by atoms with Gasteiger partial charge in [0.2, 0.25) is 0 Å². The molecule has 1 heterocycles. The van der Waals surface area contributed by atoms with Gasteiger partial charge in [0, 0.05) is 5.69 Å². The molecule has 0 atom stereocenters. The summed E-state index contributed by atoms with van der Waals surface area (Å²) in [4.78, 5) is 11.3. The van der Waals surface area contributed by atoms with Crippen LogP contribution < -0.4 is 0 Å². The van der Waals surface area contributed by atoms with Gasteiger partial charge in [0.05, 0.1) is 17.3 Å².